The Hall–Kier alpha value is -1.36. The van der Waals surface area contributed by atoms with Gasteiger partial charge in [-0.2, -0.15) is 0 Å². The first-order valence-corrected chi connectivity index (χ1v) is 4.22. The van der Waals surface area contributed by atoms with Crippen LogP contribution in [-0.4, -0.2) is 26.0 Å². The second-order valence-corrected chi connectivity index (χ2v) is 2.62. The summed E-state index contributed by atoms with van der Waals surface area (Å²) in [5.41, 5.74) is 0. The molecule has 5 heteroatoms. The Kier molecular flexibility index (Phi) is 3.02. The minimum absolute atomic E-state index is 0.144. The average Bonchev–Trinajstić information content (AvgIpc) is 2.48. The predicted molar refractivity (Wildman–Crippen MR) is 53.8 cm³/mol. The summed E-state index contributed by atoms with van der Waals surface area (Å²) in [6.45, 7) is 3.29. The number of aromatic nitrogens is 3. The molecule has 0 bridgehead atoms. The molecule has 0 saturated heterocycles. The molecule has 1 heterocycles. The van der Waals surface area contributed by atoms with Crippen LogP contribution in [0.5, 0.6) is 0 Å². The van der Waals surface area contributed by atoms with E-state index in [1.54, 1.807) is 12.2 Å². The third-order valence-electron chi connectivity index (χ3n) is 1.45. The SMILES string of the molecule is C/C=C/c1nnc(C=S)n1C(C)=O. The Morgan fingerprint density at radius 2 is 2.08 bits per heavy atom. The monoisotopic (exact) mass is 195 g/mol. The van der Waals surface area contributed by atoms with E-state index in [1.165, 1.54) is 16.9 Å². The zero-order valence-corrected chi connectivity index (χ0v) is 8.21. The zero-order valence-electron chi connectivity index (χ0n) is 7.39. The summed E-state index contributed by atoms with van der Waals surface area (Å²) in [7, 11) is 0. The molecule has 0 spiro atoms. The number of hydrogen-bond acceptors (Lipinski definition) is 4. The molecule has 13 heavy (non-hydrogen) atoms. The predicted octanol–water partition coefficient (Wildman–Crippen LogP) is 1.32. The van der Waals surface area contributed by atoms with Crippen LogP contribution in [0.4, 0.5) is 0 Å². The van der Waals surface area contributed by atoms with E-state index in [4.69, 9.17) is 12.2 Å². The van der Waals surface area contributed by atoms with E-state index in [9.17, 15) is 4.79 Å². The maximum atomic E-state index is 11.2. The fraction of sp³-hybridized carbons (Fsp3) is 0.250. The second kappa shape index (κ2) is 4.04. The number of allylic oxidation sites excluding steroid dienone is 1. The van der Waals surface area contributed by atoms with Crippen LogP contribution in [0.25, 0.3) is 6.08 Å². The molecule has 0 amide bonds. The van der Waals surface area contributed by atoms with E-state index >= 15 is 0 Å². The Labute approximate surface area is 81.3 Å². The minimum Gasteiger partial charge on any atom is -0.274 e. The Balaban J connectivity index is 3.29. The quantitative estimate of drug-likeness (QED) is 0.668. The molecule has 0 fully saturated rings. The number of thiocarbonyl (C=S) groups is 1. The van der Waals surface area contributed by atoms with Gasteiger partial charge in [0, 0.05) is 12.3 Å². The lowest BCUT2D eigenvalue weighted by Crippen LogP contribution is -2.11. The Morgan fingerprint density at radius 1 is 1.46 bits per heavy atom. The zero-order chi connectivity index (χ0) is 9.84. The maximum Gasteiger partial charge on any atom is 0.230 e. The molecular weight excluding hydrogens is 186 g/mol. The molecule has 0 saturated carbocycles. The molecule has 0 aliphatic rings. The number of carbonyl (C=O) groups excluding carboxylic acids is 1. The van der Waals surface area contributed by atoms with Gasteiger partial charge in [-0.25, -0.2) is 4.57 Å². The lowest BCUT2D eigenvalue weighted by Gasteiger charge is -1.98. The highest BCUT2D eigenvalue weighted by molar-refractivity contribution is 7.79. The van der Waals surface area contributed by atoms with E-state index in [-0.39, 0.29) is 5.91 Å². The molecule has 0 aromatic carbocycles. The lowest BCUT2D eigenvalue weighted by atomic mass is 10.4. The van der Waals surface area contributed by atoms with E-state index in [0.29, 0.717) is 11.6 Å². The van der Waals surface area contributed by atoms with Gasteiger partial charge in [0.05, 0.1) is 0 Å². The van der Waals surface area contributed by atoms with Gasteiger partial charge in [0.2, 0.25) is 5.91 Å². The summed E-state index contributed by atoms with van der Waals surface area (Å²) >= 11 is 4.70. The third kappa shape index (κ3) is 1.86. The fourth-order valence-electron chi connectivity index (χ4n) is 0.965. The van der Waals surface area contributed by atoms with Crippen LogP contribution in [0, 0.1) is 0 Å². The van der Waals surface area contributed by atoms with Crippen LogP contribution in [0.3, 0.4) is 0 Å². The molecule has 0 N–H and O–H groups in total. The van der Waals surface area contributed by atoms with E-state index < -0.39 is 0 Å². The average molecular weight is 195 g/mol. The van der Waals surface area contributed by atoms with E-state index in [2.05, 4.69) is 10.2 Å². The first-order chi connectivity index (χ1) is 6.20. The number of hydrogen-bond donors (Lipinski definition) is 0. The summed E-state index contributed by atoms with van der Waals surface area (Å²) in [5.74, 6) is 0.760. The van der Waals surface area contributed by atoms with Crippen molar-refractivity contribution in [2.75, 3.05) is 0 Å². The third-order valence-corrected chi connectivity index (χ3v) is 1.66. The normalized spacial score (nSPS) is 10.6. The van der Waals surface area contributed by atoms with Crippen molar-refractivity contribution in [1.82, 2.24) is 14.8 Å². The highest BCUT2D eigenvalue weighted by atomic mass is 32.1. The van der Waals surface area contributed by atoms with Gasteiger partial charge in [0.1, 0.15) is 0 Å². The van der Waals surface area contributed by atoms with Crippen molar-refractivity contribution >= 4 is 29.6 Å². The topological polar surface area (TPSA) is 47.8 Å². The second-order valence-electron chi connectivity index (χ2n) is 2.39. The van der Waals surface area contributed by atoms with E-state index in [1.807, 2.05) is 6.92 Å². The maximum absolute atomic E-state index is 11.2. The summed E-state index contributed by atoms with van der Waals surface area (Å²) in [6, 6.07) is 0. The van der Waals surface area contributed by atoms with Gasteiger partial charge in [0.15, 0.2) is 11.6 Å². The highest BCUT2D eigenvalue weighted by Gasteiger charge is 2.10. The van der Waals surface area contributed by atoms with Crippen molar-refractivity contribution in [3.63, 3.8) is 0 Å². The van der Waals surface area contributed by atoms with Crippen LogP contribution in [0.2, 0.25) is 0 Å². The molecule has 0 aliphatic heterocycles. The molecule has 0 radical (unpaired) electrons. The molecule has 68 valence electrons. The first-order valence-electron chi connectivity index (χ1n) is 3.75. The van der Waals surface area contributed by atoms with Crippen LogP contribution in [-0.2, 0) is 0 Å². The smallest absolute Gasteiger partial charge is 0.230 e. The van der Waals surface area contributed by atoms with Crippen LogP contribution in [0.1, 0.15) is 30.3 Å². The van der Waals surface area contributed by atoms with Gasteiger partial charge < -0.3 is 0 Å². The van der Waals surface area contributed by atoms with Crippen LogP contribution >= 0.6 is 12.2 Å². The number of rotatable bonds is 2. The summed E-state index contributed by atoms with van der Waals surface area (Å²) < 4.78 is 1.37. The van der Waals surface area contributed by atoms with Crippen LogP contribution in [0.15, 0.2) is 6.08 Å². The van der Waals surface area contributed by atoms with Crippen molar-refractivity contribution in [2.24, 2.45) is 0 Å². The van der Waals surface area contributed by atoms with Crippen molar-refractivity contribution in [3.05, 3.63) is 17.7 Å². The lowest BCUT2D eigenvalue weighted by molar-refractivity contribution is 0.0935. The van der Waals surface area contributed by atoms with Gasteiger partial charge in [-0.3, -0.25) is 4.79 Å². The number of nitrogens with zero attached hydrogens (tertiary/aromatic N) is 3. The molecule has 0 aliphatic carbocycles. The Bertz CT molecular complexity index is 367. The molecule has 1 rings (SSSR count). The molecule has 4 nitrogen and oxygen atoms in total. The molecular formula is C8H9N3OS. The van der Waals surface area contributed by atoms with Gasteiger partial charge in [-0.05, 0) is 13.0 Å². The standard InChI is InChI=1S/C8H9N3OS/c1-3-4-7-9-10-8(5-13)11(7)6(2)12/h3-5H,1-2H3/b4-3+. The summed E-state index contributed by atoms with van der Waals surface area (Å²) in [5, 5.41) is 8.90. The van der Waals surface area contributed by atoms with Gasteiger partial charge in [-0.1, -0.05) is 18.3 Å². The largest absolute Gasteiger partial charge is 0.274 e. The van der Waals surface area contributed by atoms with Crippen LogP contribution < -0.4 is 0 Å². The number of carbonyl (C=O) groups is 1. The molecule has 1 aromatic heterocycles. The molecule has 0 unspecified atom stereocenters. The van der Waals surface area contributed by atoms with E-state index in [0.717, 1.165) is 0 Å². The van der Waals surface area contributed by atoms with Crippen molar-refractivity contribution in [3.8, 4) is 0 Å². The van der Waals surface area contributed by atoms with Crippen molar-refractivity contribution in [2.45, 2.75) is 13.8 Å². The Morgan fingerprint density at radius 3 is 2.54 bits per heavy atom. The highest BCUT2D eigenvalue weighted by Crippen LogP contribution is 2.02. The molecule has 0 atom stereocenters. The van der Waals surface area contributed by atoms with Crippen molar-refractivity contribution in [1.29, 1.82) is 0 Å². The first kappa shape index (κ1) is 9.73. The summed E-state index contributed by atoms with van der Waals surface area (Å²) in [4.78, 5) is 11.2. The summed E-state index contributed by atoms with van der Waals surface area (Å²) in [6.07, 6.45) is 3.49. The van der Waals surface area contributed by atoms with Gasteiger partial charge in [0.25, 0.3) is 0 Å². The fourth-order valence-corrected chi connectivity index (χ4v) is 1.12. The minimum atomic E-state index is -0.144. The van der Waals surface area contributed by atoms with Gasteiger partial charge in [-0.15, -0.1) is 10.2 Å². The van der Waals surface area contributed by atoms with Gasteiger partial charge >= 0.3 is 0 Å². The van der Waals surface area contributed by atoms with Crippen molar-refractivity contribution < 1.29 is 4.79 Å². The molecule has 1 aromatic rings.